The lowest BCUT2D eigenvalue weighted by Gasteiger charge is -2.09. The predicted octanol–water partition coefficient (Wildman–Crippen LogP) is 2.20. The van der Waals surface area contributed by atoms with Crippen molar-refractivity contribution >= 4 is 17.6 Å². The van der Waals surface area contributed by atoms with Crippen molar-refractivity contribution in [2.45, 2.75) is 23.3 Å². The third-order valence-corrected chi connectivity index (χ3v) is 2.72. The van der Waals surface area contributed by atoms with E-state index in [4.69, 9.17) is 0 Å². The summed E-state index contributed by atoms with van der Waals surface area (Å²) in [6.07, 6.45) is -3.33. The number of nitrogens with one attached hydrogen (secondary N) is 2. The Kier molecular flexibility index (Phi) is 3.88. The van der Waals surface area contributed by atoms with E-state index < -0.39 is 12.0 Å². The Labute approximate surface area is 110 Å². The standard InChI is InChI=1S/C9H9F3N6S/c1-2-13-5-3-6(19-8-14-4-15-18-8)17-7(16-5)9(10,11)12/h3-4H,2H2,1H3,(H,13,16,17)(H,14,15,18). The van der Waals surface area contributed by atoms with Gasteiger partial charge in [0.15, 0.2) is 5.16 Å². The molecule has 0 aliphatic carbocycles. The summed E-state index contributed by atoms with van der Waals surface area (Å²) in [5, 5.41) is 9.36. The van der Waals surface area contributed by atoms with E-state index in [9.17, 15) is 13.2 Å². The van der Waals surface area contributed by atoms with Crippen LogP contribution in [0.15, 0.2) is 22.6 Å². The van der Waals surface area contributed by atoms with Crippen LogP contribution in [0, 0.1) is 0 Å². The third-order valence-electron chi connectivity index (χ3n) is 1.91. The SMILES string of the molecule is CCNc1cc(Sc2ncn[nH]2)nc(C(F)(F)F)n1. The molecule has 0 unspecified atom stereocenters. The van der Waals surface area contributed by atoms with Crippen LogP contribution in [-0.2, 0) is 6.18 Å². The number of aromatic amines is 1. The Morgan fingerprint density at radius 3 is 2.74 bits per heavy atom. The van der Waals surface area contributed by atoms with Gasteiger partial charge in [-0.3, -0.25) is 5.10 Å². The van der Waals surface area contributed by atoms with Crippen molar-refractivity contribution in [2.75, 3.05) is 11.9 Å². The van der Waals surface area contributed by atoms with Crippen LogP contribution in [0.1, 0.15) is 12.7 Å². The normalized spacial score (nSPS) is 11.6. The molecule has 19 heavy (non-hydrogen) atoms. The van der Waals surface area contributed by atoms with Crippen LogP contribution in [0.4, 0.5) is 19.0 Å². The summed E-state index contributed by atoms with van der Waals surface area (Å²) < 4.78 is 38.0. The van der Waals surface area contributed by atoms with Crippen molar-refractivity contribution in [2.24, 2.45) is 0 Å². The number of alkyl halides is 3. The molecule has 0 bridgehead atoms. The van der Waals surface area contributed by atoms with Crippen LogP contribution in [0.5, 0.6) is 0 Å². The van der Waals surface area contributed by atoms with Crippen LogP contribution in [0.2, 0.25) is 0 Å². The Hall–Kier alpha value is -1.84. The molecule has 0 aromatic carbocycles. The smallest absolute Gasteiger partial charge is 0.370 e. The minimum atomic E-state index is -4.60. The fraction of sp³-hybridized carbons (Fsp3) is 0.333. The fourth-order valence-electron chi connectivity index (χ4n) is 1.22. The number of aromatic nitrogens is 5. The van der Waals surface area contributed by atoms with Crippen LogP contribution < -0.4 is 5.32 Å². The van der Waals surface area contributed by atoms with E-state index in [0.29, 0.717) is 11.7 Å². The van der Waals surface area contributed by atoms with E-state index in [0.717, 1.165) is 11.8 Å². The van der Waals surface area contributed by atoms with E-state index in [2.05, 4.69) is 30.5 Å². The van der Waals surface area contributed by atoms with Crippen molar-refractivity contribution in [1.29, 1.82) is 0 Å². The second-order valence-electron chi connectivity index (χ2n) is 3.34. The molecule has 0 atom stereocenters. The van der Waals surface area contributed by atoms with Crippen LogP contribution >= 0.6 is 11.8 Å². The van der Waals surface area contributed by atoms with E-state index >= 15 is 0 Å². The predicted molar refractivity (Wildman–Crippen MR) is 61.7 cm³/mol. The topological polar surface area (TPSA) is 79.4 Å². The number of H-pyrrole nitrogens is 1. The number of anilines is 1. The van der Waals surface area contributed by atoms with Gasteiger partial charge in [-0.15, -0.1) is 0 Å². The van der Waals surface area contributed by atoms with Gasteiger partial charge in [0.05, 0.1) is 0 Å². The molecule has 6 nitrogen and oxygen atoms in total. The fourth-order valence-corrected chi connectivity index (χ4v) is 1.92. The molecule has 2 aromatic heterocycles. The second kappa shape index (κ2) is 5.43. The zero-order valence-electron chi connectivity index (χ0n) is 9.69. The van der Waals surface area contributed by atoms with Crippen molar-refractivity contribution in [3.63, 3.8) is 0 Å². The maximum absolute atomic E-state index is 12.7. The molecule has 0 fully saturated rings. The zero-order chi connectivity index (χ0) is 13.9. The third kappa shape index (κ3) is 3.56. The maximum Gasteiger partial charge on any atom is 0.451 e. The number of halogens is 3. The maximum atomic E-state index is 12.7. The van der Waals surface area contributed by atoms with Crippen molar-refractivity contribution in [3.8, 4) is 0 Å². The average Bonchev–Trinajstić information content (AvgIpc) is 2.81. The molecule has 2 rings (SSSR count). The largest absolute Gasteiger partial charge is 0.451 e. The summed E-state index contributed by atoms with van der Waals surface area (Å²) in [4.78, 5) is 10.7. The Morgan fingerprint density at radius 2 is 2.16 bits per heavy atom. The molecule has 0 radical (unpaired) electrons. The van der Waals surface area contributed by atoms with Crippen LogP contribution in [-0.4, -0.2) is 31.7 Å². The van der Waals surface area contributed by atoms with E-state index in [1.165, 1.54) is 12.4 Å². The van der Waals surface area contributed by atoms with Gasteiger partial charge in [0, 0.05) is 12.6 Å². The summed E-state index contributed by atoms with van der Waals surface area (Å²) in [7, 11) is 0. The number of rotatable bonds is 4. The van der Waals surface area contributed by atoms with Gasteiger partial charge >= 0.3 is 6.18 Å². The molecule has 0 spiro atoms. The molecule has 2 heterocycles. The molecule has 0 aliphatic heterocycles. The van der Waals surface area contributed by atoms with E-state index in [1.807, 2.05) is 0 Å². The van der Waals surface area contributed by atoms with Gasteiger partial charge in [-0.05, 0) is 18.7 Å². The van der Waals surface area contributed by atoms with E-state index in [1.54, 1.807) is 6.92 Å². The first kappa shape index (κ1) is 13.6. The molecule has 10 heteroatoms. The van der Waals surface area contributed by atoms with Crippen molar-refractivity contribution in [3.05, 3.63) is 18.2 Å². The average molecular weight is 290 g/mol. The lowest BCUT2D eigenvalue weighted by molar-refractivity contribution is -0.145. The molecule has 0 amide bonds. The Bertz CT molecular complexity index is 541. The summed E-state index contributed by atoms with van der Waals surface area (Å²) in [6, 6.07) is 1.42. The summed E-state index contributed by atoms with van der Waals surface area (Å²) >= 11 is 0.944. The zero-order valence-corrected chi connectivity index (χ0v) is 10.5. The summed E-state index contributed by atoms with van der Waals surface area (Å²) in [5.74, 6) is -1.07. The molecule has 0 saturated carbocycles. The molecule has 102 valence electrons. The van der Waals surface area contributed by atoms with Gasteiger partial charge in [0.2, 0.25) is 5.82 Å². The van der Waals surface area contributed by atoms with Gasteiger partial charge in [0.25, 0.3) is 0 Å². The van der Waals surface area contributed by atoms with Crippen molar-refractivity contribution in [1.82, 2.24) is 25.1 Å². The van der Waals surface area contributed by atoms with Gasteiger partial charge in [0.1, 0.15) is 17.2 Å². The van der Waals surface area contributed by atoms with Crippen LogP contribution in [0.25, 0.3) is 0 Å². The number of hydrogen-bond donors (Lipinski definition) is 2. The first-order chi connectivity index (χ1) is 8.99. The highest BCUT2D eigenvalue weighted by Crippen LogP contribution is 2.31. The molecule has 2 N–H and O–H groups in total. The highest BCUT2D eigenvalue weighted by atomic mass is 32.2. The lowest BCUT2D eigenvalue weighted by atomic mass is 10.5. The summed E-state index contributed by atoms with van der Waals surface area (Å²) in [6.45, 7) is 2.22. The first-order valence-corrected chi connectivity index (χ1v) is 6.04. The summed E-state index contributed by atoms with van der Waals surface area (Å²) in [5.41, 5.74) is 0. The molecular formula is C9H9F3N6S. The number of hydrogen-bond acceptors (Lipinski definition) is 6. The van der Waals surface area contributed by atoms with Crippen molar-refractivity contribution < 1.29 is 13.2 Å². The van der Waals surface area contributed by atoms with Gasteiger partial charge in [-0.1, -0.05) is 0 Å². The Morgan fingerprint density at radius 1 is 1.37 bits per heavy atom. The van der Waals surface area contributed by atoms with Gasteiger partial charge in [-0.2, -0.15) is 18.3 Å². The van der Waals surface area contributed by atoms with E-state index in [-0.39, 0.29) is 10.8 Å². The molecular weight excluding hydrogens is 281 g/mol. The molecule has 0 aliphatic rings. The second-order valence-corrected chi connectivity index (χ2v) is 4.34. The van der Waals surface area contributed by atoms with Gasteiger partial charge < -0.3 is 5.32 Å². The first-order valence-electron chi connectivity index (χ1n) is 5.22. The molecule has 0 saturated heterocycles. The minimum Gasteiger partial charge on any atom is -0.370 e. The number of nitrogens with zero attached hydrogens (tertiary/aromatic N) is 4. The lowest BCUT2D eigenvalue weighted by Crippen LogP contribution is -2.13. The van der Waals surface area contributed by atoms with Crippen LogP contribution in [0.3, 0.4) is 0 Å². The monoisotopic (exact) mass is 290 g/mol. The molecule has 2 aromatic rings. The quantitative estimate of drug-likeness (QED) is 0.840. The van der Waals surface area contributed by atoms with Gasteiger partial charge in [-0.25, -0.2) is 15.0 Å². The Balaban J connectivity index is 2.34. The minimum absolute atomic E-state index is 0.117. The highest BCUT2D eigenvalue weighted by molar-refractivity contribution is 7.99. The highest BCUT2D eigenvalue weighted by Gasteiger charge is 2.35.